The van der Waals surface area contributed by atoms with Crippen LogP contribution in [0.3, 0.4) is 0 Å². The third-order valence-electron chi connectivity index (χ3n) is 5.60. The van der Waals surface area contributed by atoms with Gasteiger partial charge in [-0.15, -0.1) is 0 Å². The summed E-state index contributed by atoms with van der Waals surface area (Å²) in [7, 11) is 0. The molecule has 0 unspecified atom stereocenters. The minimum atomic E-state index is -0.562. The van der Waals surface area contributed by atoms with E-state index in [1.54, 1.807) is 12.1 Å². The summed E-state index contributed by atoms with van der Waals surface area (Å²) in [5, 5.41) is 0.121. The Bertz CT molecular complexity index is 1390. The van der Waals surface area contributed by atoms with Gasteiger partial charge in [0, 0.05) is 17.3 Å². The van der Waals surface area contributed by atoms with Gasteiger partial charge in [-0.3, -0.25) is 23.7 Å². The molecule has 0 aliphatic carbocycles. The van der Waals surface area contributed by atoms with Crippen LogP contribution in [0, 0.1) is 0 Å². The molecule has 0 aliphatic heterocycles. The van der Waals surface area contributed by atoms with E-state index in [1.807, 2.05) is 0 Å². The number of benzene rings is 3. The molecule has 7 heteroatoms. The molecule has 29 heavy (non-hydrogen) atoms. The van der Waals surface area contributed by atoms with Crippen LogP contribution in [0.2, 0.25) is 0 Å². The Kier molecular flexibility index (Phi) is 4.45. The van der Waals surface area contributed by atoms with E-state index >= 15 is 0 Å². The van der Waals surface area contributed by atoms with E-state index in [1.165, 1.54) is 12.1 Å². The van der Waals surface area contributed by atoms with Gasteiger partial charge in [0.15, 0.2) is 10.9 Å². The van der Waals surface area contributed by atoms with E-state index in [0.717, 1.165) is 23.8 Å². The maximum Gasteiger partial charge on any atom is 0.263 e. The predicted molar refractivity (Wildman–Crippen MR) is 117 cm³/mol. The van der Waals surface area contributed by atoms with Gasteiger partial charge in [0.1, 0.15) is 0 Å². The number of fused-ring (bicyclic) bond motifs is 3. The van der Waals surface area contributed by atoms with Crippen LogP contribution in [0.5, 0.6) is 0 Å². The molecular formula is C22H21N3O4. The molecule has 1 aromatic heterocycles. The topological polar surface area (TPSA) is 125 Å². The van der Waals surface area contributed by atoms with Crippen LogP contribution in [0.25, 0.3) is 32.3 Å². The van der Waals surface area contributed by atoms with Crippen molar-refractivity contribution in [2.45, 2.75) is 39.2 Å². The molecule has 0 bridgehead atoms. The molecule has 0 amide bonds. The first kappa shape index (κ1) is 18.9. The molecule has 3 aromatic carbocycles. The molecule has 4 rings (SSSR count). The normalized spacial score (nSPS) is 11.8. The van der Waals surface area contributed by atoms with Gasteiger partial charge in [-0.2, -0.15) is 0 Å². The monoisotopic (exact) mass is 391 g/mol. The van der Waals surface area contributed by atoms with Gasteiger partial charge in [0.25, 0.3) is 11.1 Å². The fourth-order valence-electron chi connectivity index (χ4n) is 4.12. The van der Waals surface area contributed by atoms with Crippen molar-refractivity contribution in [2.75, 3.05) is 11.5 Å². The number of aromatic nitrogens is 1. The summed E-state index contributed by atoms with van der Waals surface area (Å²) in [6, 6.07) is 6.37. The Labute approximate surface area is 164 Å². The maximum atomic E-state index is 13.0. The SMILES string of the molecule is CCCCCCn1c(=O)c2c(N)c3c(=O)c4ccccc4c(=O)c3c(N)c2c1=O. The highest BCUT2D eigenvalue weighted by Crippen LogP contribution is 2.31. The first-order valence-electron chi connectivity index (χ1n) is 9.69. The van der Waals surface area contributed by atoms with Crippen molar-refractivity contribution < 1.29 is 0 Å². The summed E-state index contributed by atoms with van der Waals surface area (Å²) in [6.45, 7) is 2.32. The standard InChI is InChI=1S/C22H21N3O4/c1-2-3-4-7-10-25-21(28)15-16(22(25)29)18(24)14-13(17(15)23)19(26)11-8-5-6-9-12(11)20(14)27/h5-6,8-9H,2-4,7,10,23-24H2,1H3. The van der Waals surface area contributed by atoms with Crippen LogP contribution in [0.1, 0.15) is 32.6 Å². The van der Waals surface area contributed by atoms with Crippen molar-refractivity contribution in [3.05, 3.63) is 65.4 Å². The highest BCUT2D eigenvalue weighted by atomic mass is 16.2. The van der Waals surface area contributed by atoms with Crippen molar-refractivity contribution in [2.24, 2.45) is 0 Å². The van der Waals surface area contributed by atoms with Crippen LogP contribution >= 0.6 is 0 Å². The van der Waals surface area contributed by atoms with Gasteiger partial charge in [0.2, 0.25) is 0 Å². The highest BCUT2D eigenvalue weighted by Gasteiger charge is 2.25. The highest BCUT2D eigenvalue weighted by molar-refractivity contribution is 6.20. The summed E-state index contributed by atoms with van der Waals surface area (Å²) in [5.74, 6) is 0. The number of rotatable bonds is 5. The smallest absolute Gasteiger partial charge is 0.263 e. The van der Waals surface area contributed by atoms with Crippen LogP contribution in [-0.2, 0) is 6.54 Å². The number of hydrogen-bond donors (Lipinski definition) is 2. The summed E-state index contributed by atoms with van der Waals surface area (Å²) >= 11 is 0. The van der Waals surface area contributed by atoms with Crippen molar-refractivity contribution >= 4 is 43.7 Å². The van der Waals surface area contributed by atoms with Gasteiger partial charge in [0.05, 0.1) is 32.9 Å². The summed E-state index contributed by atoms with van der Waals surface area (Å²) in [5.41, 5.74) is 10.0. The second kappa shape index (κ2) is 6.84. The van der Waals surface area contributed by atoms with Crippen molar-refractivity contribution in [1.29, 1.82) is 0 Å². The van der Waals surface area contributed by atoms with E-state index < -0.39 is 22.0 Å². The minimum Gasteiger partial charge on any atom is -0.397 e. The lowest BCUT2D eigenvalue weighted by Crippen LogP contribution is -2.25. The summed E-state index contributed by atoms with van der Waals surface area (Å²) in [4.78, 5) is 52.0. The van der Waals surface area contributed by atoms with Crippen molar-refractivity contribution in [1.82, 2.24) is 4.57 Å². The molecule has 0 fully saturated rings. The molecule has 4 N–H and O–H groups in total. The molecule has 0 spiro atoms. The average Bonchev–Trinajstić information content (AvgIpc) is 2.97. The third kappa shape index (κ3) is 2.57. The van der Waals surface area contributed by atoms with E-state index in [-0.39, 0.29) is 50.2 Å². The van der Waals surface area contributed by atoms with Gasteiger partial charge in [-0.05, 0) is 6.42 Å². The molecule has 0 saturated carbocycles. The van der Waals surface area contributed by atoms with Crippen LogP contribution in [0.4, 0.5) is 11.4 Å². The fraction of sp³-hybridized carbons (Fsp3) is 0.273. The summed E-state index contributed by atoms with van der Waals surface area (Å²) < 4.78 is 1.11. The van der Waals surface area contributed by atoms with E-state index in [4.69, 9.17) is 11.5 Å². The quantitative estimate of drug-likeness (QED) is 0.232. The zero-order chi connectivity index (χ0) is 20.9. The first-order valence-corrected chi connectivity index (χ1v) is 9.69. The zero-order valence-electron chi connectivity index (χ0n) is 16.1. The fourth-order valence-corrected chi connectivity index (χ4v) is 4.12. The lowest BCUT2D eigenvalue weighted by atomic mass is 9.97. The van der Waals surface area contributed by atoms with Crippen LogP contribution in [0.15, 0.2) is 43.4 Å². The molecule has 0 radical (unpaired) electrons. The molecule has 1 heterocycles. The maximum absolute atomic E-state index is 13.0. The number of hydrogen-bond acceptors (Lipinski definition) is 6. The first-order chi connectivity index (χ1) is 13.9. The van der Waals surface area contributed by atoms with Crippen LogP contribution in [-0.4, -0.2) is 4.57 Å². The lowest BCUT2D eigenvalue weighted by Gasteiger charge is -2.07. The van der Waals surface area contributed by atoms with E-state index in [2.05, 4.69) is 6.92 Å². The Morgan fingerprint density at radius 2 is 1.21 bits per heavy atom. The second-order valence-corrected chi connectivity index (χ2v) is 7.35. The summed E-state index contributed by atoms with van der Waals surface area (Å²) in [6.07, 6.45) is 3.59. The van der Waals surface area contributed by atoms with Gasteiger partial charge < -0.3 is 11.5 Å². The number of nitrogen functional groups attached to an aromatic ring is 2. The van der Waals surface area contributed by atoms with Gasteiger partial charge >= 0.3 is 0 Å². The van der Waals surface area contributed by atoms with E-state index in [0.29, 0.717) is 6.42 Å². The lowest BCUT2D eigenvalue weighted by molar-refractivity contribution is 0.568. The zero-order valence-corrected chi connectivity index (χ0v) is 16.1. The number of anilines is 2. The Morgan fingerprint density at radius 3 is 1.66 bits per heavy atom. The molecule has 148 valence electrons. The molecular weight excluding hydrogens is 370 g/mol. The van der Waals surface area contributed by atoms with Crippen LogP contribution < -0.4 is 33.4 Å². The molecule has 4 aromatic rings. The Morgan fingerprint density at radius 1 is 0.724 bits per heavy atom. The number of nitrogens with zero attached hydrogens (tertiary/aromatic N) is 1. The Balaban J connectivity index is 2.15. The largest absolute Gasteiger partial charge is 0.397 e. The second-order valence-electron chi connectivity index (χ2n) is 7.35. The van der Waals surface area contributed by atoms with Crippen molar-refractivity contribution in [3.63, 3.8) is 0 Å². The van der Waals surface area contributed by atoms with Crippen molar-refractivity contribution in [3.8, 4) is 0 Å². The average molecular weight is 391 g/mol. The van der Waals surface area contributed by atoms with E-state index in [9.17, 15) is 19.2 Å². The van der Waals surface area contributed by atoms with Gasteiger partial charge in [-0.1, -0.05) is 50.5 Å². The molecule has 7 nitrogen and oxygen atoms in total. The molecule has 0 saturated heterocycles. The number of unbranched alkanes of at least 4 members (excludes halogenated alkanes) is 3. The predicted octanol–water partition coefficient (Wildman–Crippen LogP) is 2.01. The Hall–Kier alpha value is -3.48. The third-order valence-corrected chi connectivity index (χ3v) is 5.60. The molecule has 0 atom stereocenters. The molecule has 0 aliphatic rings. The minimum absolute atomic E-state index is 0.0673. The van der Waals surface area contributed by atoms with Gasteiger partial charge in [-0.25, -0.2) is 0 Å². The number of nitrogens with two attached hydrogens (primary N) is 2.